The Labute approximate surface area is 129 Å². The quantitative estimate of drug-likeness (QED) is 0.762. The van der Waals surface area contributed by atoms with E-state index in [1.54, 1.807) is 0 Å². The Morgan fingerprint density at radius 3 is 2.95 bits per heavy atom. The van der Waals surface area contributed by atoms with Gasteiger partial charge in [0.1, 0.15) is 5.82 Å². The van der Waals surface area contributed by atoms with Crippen molar-refractivity contribution in [2.75, 3.05) is 0 Å². The summed E-state index contributed by atoms with van der Waals surface area (Å²) in [4.78, 5) is 9.10. The van der Waals surface area contributed by atoms with Gasteiger partial charge in [-0.05, 0) is 29.9 Å². The summed E-state index contributed by atoms with van der Waals surface area (Å²) >= 11 is 7.97. The van der Waals surface area contributed by atoms with Gasteiger partial charge in [-0.2, -0.15) is 0 Å². The molecule has 0 aliphatic carbocycles. The molecule has 0 spiro atoms. The Bertz CT molecular complexity index is 533. The Balaban J connectivity index is 1.86. The van der Waals surface area contributed by atoms with Gasteiger partial charge in [-0.3, -0.25) is 0 Å². The number of hydrogen-bond acceptors (Lipinski definition) is 3. The van der Waals surface area contributed by atoms with E-state index in [2.05, 4.69) is 40.6 Å². The molecule has 110 valence electrons. The van der Waals surface area contributed by atoms with Crippen LogP contribution in [0.5, 0.6) is 0 Å². The predicted molar refractivity (Wildman–Crippen MR) is 86.5 cm³/mol. The van der Waals surface area contributed by atoms with Gasteiger partial charge >= 0.3 is 0 Å². The highest BCUT2D eigenvalue weighted by molar-refractivity contribution is 7.10. The highest BCUT2D eigenvalue weighted by atomic mass is 35.5. The number of nitrogens with one attached hydrogen (secondary N) is 2. The molecule has 0 aliphatic rings. The summed E-state index contributed by atoms with van der Waals surface area (Å²) in [6.07, 6.45) is 4.38. The Morgan fingerprint density at radius 2 is 2.20 bits per heavy atom. The molecule has 0 amide bonds. The number of aromatic amines is 1. The summed E-state index contributed by atoms with van der Waals surface area (Å²) in [6.45, 7) is 6.00. The SMILES string of the molecule is CCCCc1nc(Cl)c(CNCc2sccc2CC)[nH]1. The topological polar surface area (TPSA) is 40.7 Å². The Kier molecular flexibility index (Phi) is 6.07. The lowest BCUT2D eigenvalue weighted by Crippen LogP contribution is -2.13. The largest absolute Gasteiger partial charge is 0.344 e. The van der Waals surface area contributed by atoms with Crippen molar-refractivity contribution in [2.45, 2.75) is 52.6 Å². The van der Waals surface area contributed by atoms with Crippen molar-refractivity contribution in [2.24, 2.45) is 0 Å². The second-order valence-electron chi connectivity index (χ2n) is 4.88. The molecule has 2 aromatic rings. The van der Waals surface area contributed by atoms with Gasteiger partial charge in [-0.15, -0.1) is 11.3 Å². The van der Waals surface area contributed by atoms with E-state index in [-0.39, 0.29) is 0 Å². The van der Waals surface area contributed by atoms with Crippen LogP contribution in [0.4, 0.5) is 0 Å². The number of thiophene rings is 1. The van der Waals surface area contributed by atoms with Crippen LogP contribution in [0.1, 0.15) is 48.6 Å². The van der Waals surface area contributed by atoms with Crippen molar-refractivity contribution in [3.8, 4) is 0 Å². The van der Waals surface area contributed by atoms with Gasteiger partial charge in [0.2, 0.25) is 0 Å². The first kappa shape index (κ1) is 15.5. The normalized spacial score (nSPS) is 11.2. The van der Waals surface area contributed by atoms with Gasteiger partial charge in [-0.25, -0.2) is 4.98 Å². The molecule has 0 fully saturated rings. The van der Waals surface area contributed by atoms with E-state index in [9.17, 15) is 0 Å². The fourth-order valence-electron chi connectivity index (χ4n) is 2.16. The maximum atomic E-state index is 6.16. The molecule has 0 unspecified atom stereocenters. The molecule has 2 rings (SSSR count). The zero-order chi connectivity index (χ0) is 14.4. The lowest BCUT2D eigenvalue weighted by atomic mass is 10.2. The number of halogens is 1. The zero-order valence-electron chi connectivity index (χ0n) is 12.1. The molecule has 20 heavy (non-hydrogen) atoms. The smallest absolute Gasteiger partial charge is 0.151 e. The van der Waals surface area contributed by atoms with E-state index in [4.69, 9.17) is 11.6 Å². The molecule has 0 bridgehead atoms. The number of nitrogens with zero attached hydrogens (tertiary/aromatic N) is 1. The van der Waals surface area contributed by atoms with Gasteiger partial charge < -0.3 is 10.3 Å². The minimum atomic E-state index is 0.602. The Morgan fingerprint density at radius 1 is 1.35 bits per heavy atom. The third kappa shape index (κ3) is 4.08. The molecular formula is C15H22ClN3S. The summed E-state index contributed by atoms with van der Waals surface area (Å²) in [6, 6.07) is 2.20. The molecule has 5 heteroatoms. The molecule has 0 saturated carbocycles. The van der Waals surface area contributed by atoms with Crippen molar-refractivity contribution in [3.05, 3.63) is 38.6 Å². The van der Waals surface area contributed by atoms with E-state index >= 15 is 0 Å². The van der Waals surface area contributed by atoms with E-state index in [0.29, 0.717) is 5.15 Å². The number of hydrogen-bond donors (Lipinski definition) is 2. The first-order valence-electron chi connectivity index (χ1n) is 7.23. The molecule has 2 heterocycles. The highest BCUT2D eigenvalue weighted by Crippen LogP contribution is 2.18. The van der Waals surface area contributed by atoms with Crippen LogP contribution in [-0.2, 0) is 25.9 Å². The molecule has 0 radical (unpaired) electrons. The third-order valence-corrected chi connectivity index (χ3v) is 4.63. The van der Waals surface area contributed by atoms with Gasteiger partial charge in [0.05, 0.1) is 5.69 Å². The van der Waals surface area contributed by atoms with E-state index in [1.165, 1.54) is 16.9 Å². The van der Waals surface area contributed by atoms with Gasteiger partial charge in [0, 0.05) is 24.4 Å². The minimum absolute atomic E-state index is 0.602. The van der Waals surface area contributed by atoms with Crippen LogP contribution >= 0.6 is 22.9 Å². The molecular weight excluding hydrogens is 290 g/mol. The van der Waals surface area contributed by atoms with Crippen molar-refractivity contribution < 1.29 is 0 Å². The summed E-state index contributed by atoms with van der Waals surface area (Å²) in [5, 5.41) is 6.20. The summed E-state index contributed by atoms with van der Waals surface area (Å²) < 4.78 is 0. The molecule has 0 aliphatic heterocycles. The first-order valence-corrected chi connectivity index (χ1v) is 8.49. The zero-order valence-corrected chi connectivity index (χ0v) is 13.7. The van der Waals surface area contributed by atoms with Gasteiger partial charge in [0.25, 0.3) is 0 Å². The average molecular weight is 312 g/mol. The molecule has 0 saturated heterocycles. The lowest BCUT2D eigenvalue weighted by molar-refractivity contribution is 0.682. The number of H-pyrrole nitrogens is 1. The molecule has 0 aromatic carbocycles. The number of rotatable bonds is 8. The standard InChI is InChI=1S/C15H22ClN3S/c1-3-5-6-14-18-12(15(16)19-14)9-17-10-13-11(4-2)7-8-20-13/h7-8,17H,3-6,9-10H2,1-2H3,(H,18,19). The van der Waals surface area contributed by atoms with Crippen LogP contribution in [-0.4, -0.2) is 9.97 Å². The predicted octanol–water partition coefficient (Wildman–Crippen LogP) is 4.32. The van der Waals surface area contributed by atoms with Crippen molar-refractivity contribution in [3.63, 3.8) is 0 Å². The summed E-state index contributed by atoms with van der Waals surface area (Å²) in [7, 11) is 0. The second kappa shape index (κ2) is 7.81. The fraction of sp³-hybridized carbons (Fsp3) is 0.533. The van der Waals surface area contributed by atoms with Gasteiger partial charge in [-0.1, -0.05) is 31.9 Å². The van der Waals surface area contributed by atoms with Crippen LogP contribution in [0.15, 0.2) is 11.4 Å². The van der Waals surface area contributed by atoms with Crippen LogP contribution in [0, 0.1) is 0 Å². The Hall–Kier alpha value is -0.840. The van der Waals surface area contributed by atoms with Crippen LogP contribution in [0.3, 0.4) is 0 Å². The van der Waals surface area contributed by atoms with Crippen LogP contribution < -0.4 is 5.32 Å². The highest BCUT2D eigenvalue weighted by Gasteiger charge is 2.08. The number of aryl methyl sites for hydroxylation is 2. The number of unbranched alkanes of at least 4 members (excludes halogenated alkanes) is 1. The molecule has 2 N–H and O–H groups in total. The lowest BCUT2D eigenvalue weighted by Gasteiger charge is -2.04. The molecule has 2 aromatic heterocycles. The van der Waals surface area contributed by atoms with E-state index < -0.39 is 0 Å². The average Bonchev–Trinajstić information content (AvgIpc) is 3.03. The maximum Gasteiger partial charge on any atom is 0.151 e. The van der Waals surface area contributed by atoms with Crippen molar-refractivity contribution >= 4 is 22.9 Å². The monoisotopic (exact) mass is 311 g/mol. The minimum Gasteiger partial charge on any atom is -0.344 e. The number of aromatic nitrogens is 2. The molecule has 3 nitrogen and oxygen atoms in total. The van der Waals surface area contributed by atoms with Gasteiger partial charge in [0.15, 0.2) is 5.15 Å². The number of imidazole rings is 1. The van der Waals surface area contributed by atoms with E-state index in [0.717, 1.165) is 43.9 Å². The van der Waals surface area contributed by atoms with Crippen molar-refractivity contribution in [1.82, 2.24) is 15.3 Å². The van der Waals surface area contributed by atoms with Crippen molar-refractivity contribution in [1.29, 1.82) is 0 Å². The fourth-order valence-corrected chi connectivity index (χ4v) is 3.32. The van der Waals surface area contributed by atoms with Crippen LogP contribution in [0.25, 0.3) is 0 Å². The summed E-state index contributed by atoms with van der Waals surface area (Å²) in [5.74, 6) is 0.999. The molecule has 0 atom stereocenters. The third-order valence-electron chi connectivity index (χ3n) is 3.35. The second-order valence-corrected chi connectivity index (χ2v) is 6.24. The van der Waals surface area contributed by atoms with Crippen LogP contribution in [0.2, 0.25) is 5.15 Å². The van der Waals surface area contributed by atoms with E-state index in [1.807, 2.05) is 11.3 Å². The first-order chi connectivity index (χ1) is 9.74. The maximum absolute atomic E-state index is 6.16. The summed E-state index contributed by atoms with van der Waals surface area (Å²) in [5.41, 5.74) is 2.43.